The van der Waals surface area contributed by atoms with Crippen LogP contribution >= 0.6 is 0 Å². The summed E-state index contributed by atoms with van der Waals surface area (Å²) in [5, 5.41) is 0.843. The molecule has 4 heteroatoms. The number of ketones is 1. The van der Waals surface area contributed by atoms with Crippen molar-refractivity contribution in [3.05, 3.63) is 71.9 Å². The van der Waals surface area contributed by atoms with Gasteiger partial charge in [-0.1, -0.05) is 61.4 Å². The van der Waals surface area contributed by atoms with Crippen LogP contribution in [0.1, 0.15) is 47.7 Å². The van der Waals surface area contributed by atoms with Crippen molar-refractivity contribution < 1.29 is 14.3 Å². The van der Waals surface area contributed by atoms with Crippen LogP contribution < -0.4 is 0 Å². The summed E-state index contributed by atoms with van der Waals surface area (Å²) < 4.78 is 5.75. The molecule has 0 bridgehead atoms. The number of fused-ring (bicyclic) bond motifs is 1. The highest BCUT2D eigenvalue weighted by atomic mass is 16.5. The topological polar surface area (TPSA) is 59.2 Å². The molecule has 26 heavy (non-hydrogen) atoms. The van der Waals surface area contributed by atoms with E-state index in [1.165, 1.54) is 0 Å². The first-order valence-corrected chi connectivity index (χ1v) is 9.10. The summed E-state index contributed by atoms with van der Waals surface area (Å²) in [6.45, 7) is 0. The third kappa shape index (κ3) is 3.15. The van der Waals surface area contributed by atoms with Gasteiger partial charge in [-0.3, -0.25) is 9.59 Å². The lowest BCUT2D eigenvalue weighted by Gasteiger charge is -2.19. The molecule has 3 aromatic rings. The average molecular weight is 347 g/mol. The lowest BCUT2D eigenvalue weighted by Crippen LogP contribution is -2.23. The lowest BCUT2D eigenvalue weighted by molar-refractivity contribution is -0.152. The Morgan fingerprint density at radius 2 is 1.65 bits per heavy atom. The van der Waals surface area contributed by atoms with Crippen LogP contribution in [0.4, 0.5) is 0 Å². The van der Waals surface area contributed by atoms with E-state index in [0.29, 0.717) is 11.1 Å². The molecule has 4 nitrogen and oxygen atoms in total. The second-order valence-corrected chi connectivity index (χ2v) is 6.82. The minimum atomic E-state index is -0.913. The van der Waals surface area contributed by atoms with Crippen LogP contribution in [0.3, 0.4) is 0 Å². The number of Topliss-reactive ketones (excluding diaryl/α,β-unsaturated/α-hetero) is 1. The zero-order chi connectivity index (χ0) is 17.9. The second-order valence-electron chi connectivity index (χ2n) is 6.82. The van der Waals surface area contributed by atoms with Crippen LogP contribution in [-0.2, 0) is 9.53 Å². The van der Waals surface area contributed by atoms with Crippen LogP contribution in [0.25, 0.3) is 10.9 Å². The van der Waals surface area contributed by atoms with Crippen molar-refractivity contribution >= 4 is 22.7 Å². The molecule has 1 N–H and O–H groups in total. The molecule has 1 heterocycles. The molecule has 0 aliphatic heterocycles. The van der Waals surface area contributed by atoms with E-state index in [1.807, 2.05) is 54.6 Å². The summed E-state index contributed by atoms with van der Waals surface area (Å²) in [7, 11) is 0. The first-order chi connectivity index (χ1) is 12.7. The van der Waals surface area contributed by atoms with Crippen molar-refractivity contribution in [3.63, 3.8) is 0 Å². The maximum Gasteiger partial charge on any atom is 0.310 e. The van der Waals surface area contributed by atoms with Gasteiger partial charge in [-0.05, 0) is 18.9 Å². The Morgan fingerprint density at radius 1 is 0.962 bits per heavy atom. The number of carbonyl (C=O) groups is 2. The van der Waals surface area contributed by atoms with Crippen molar-refractivity contribution in [1.29, 1.82) is 0 Å². The molecule has 1 aliphatic carbocycles. The van der Waals surface area contributed by atoms with E-state index in [4.69, 9.17) is 4.74 Å². The monoisotopic (exact) mass is 347 g/mol. The van der Waals surface area contributed by atoms with Gasteiger partial charge in [0.25, 0.3) is 0 Å². The van der Waals surface area contributed by atoms with Crippen LogP contribution in [0, 0.1) is 5.92 Å². The Labute approximate surface area is 152 Å². The fourth-order valence-corrected chi connectivity index (χ4v) is 3.69. The number of H-pyrrole nitrogens is 1. The zero-order valence-corrected chi connectivity index (χ0v) is 14.5. The maximum absolute atomic E-state index is 13.3. The molecule has 0 spiro atoms. The minimum absolute atomic E-state index is 0.0861. The molecule has 132 valence electrons. The van der Waals surface area contributed by atoms with Gasteiger partial charge in [0.15, 0.2) is 6.10 Å². The minimum Gasteiger partial charge on any atom is -0.449 e. The predicted molar refractivity (Wildman–Crippen MR) is 99.9 cm³/mol. The van der Waals surface area contributed by atoms with Crippen molar-refractivity contribution in [2.24, 2.45) is 5.92 Å². The van der Waals surface area contributed by atoms with Crippen molar-refractivity contribution in [2.75, 3.05) is 0 Å². The van der Waals surface area contributed by atoms with Gasteiger partial charge >= 0.3 is 5.97 Å². The van der Waals surface area contributed by atoms with Gasteiger partial charge < -0.3 is 9.72 Å². The molecular weight excluding hydrogens is 326 g/mol. The molecular formula is C22H21NO3. The highest BCUT2D eigenvalue weighted by molar-refractivity contribution is 6.10. The second kappa shape index (κ2) is 7.16. The molecule has 1 aliphatic rings. The molecule has 1 aromatic heterocycles. The van der Waals surface area contributed by atoms with Gasteiger partial charge in [-0.25, -0.2) is 0 Å². The molecule has 0 saturated heterocycles. The molecule has 0 unspecified atom stereocenters. The van der Waals surface area contributed by atoms with Gasteiger partial charge in [-0.15, -0.1) is 0 Å². The maximum atomic E-state index is 13.3. The van der Waals surface area contributed by atoms with Gasteiger partial charge in [0.1, 0.15) is 0 Å². The van der Waals surface area contributed by atoms with Crippen LogP contribution in [0.15, 0.2) is 60.8 Å². The van der Waals surface area contributed by atoms with Gasteiger partial charge in [0.2, 0.25) is 5.78 Å². The molecule has 0 radical (unpaired) electrons. The molecule has 1 saturated carbocycles. The predicted octanol–water partition coefficient (Wildman–Crippen LogP) is 4.83. The number of para-hydroxylation sites is 1. The number of aromatic nitrogens is 1. The standard InChI is InChI=1S/C22H21NO3/c24-20(18-14-23-19-13-7-6-12-17(18)19)21(15-8-2-1-3-9-15)26-22(25)16-10-4-5-11-16/h1-3,6-9,12-14,16,21,23H,4-5,10-11H2/t21-/m0/s1. The van der Waals surface area contributed by atoms with E-state index in [2.05, 4.69) is 4.98 Å². The summed E-state index contributed by atoms with van der Waals surface area (Å²) in [5.41, 5.74) is 2.15. The van der Waals surface area contributed by atoms with E-state index in [-0.39, 0.29) is 17.7 Å². The van der Waals surface area contributed by atoms with E-state index in [9.17, 15) is 9.59 Å². The number of ether oxygens (including phenoxy) is 1. The lowest BCUT2D eigenvalue weighted by atomic mass is 9.99. The van der Waals surface area contributed by atoms with E-state index in [0.717, 1.165) is 36.6 Å². The fraction of sp³-hybridized carbons (Fsp3) is 0.273. The number of hydrogen-bond donors (Lipinski definition) is 1. The Morgan fingerprint density at radius 3 is 2.42 bits per heavy atom. The highest BCUT2D eigenvalue weighted by Crippen LogP contribution is 2.31. The van der Waals surface area contributed by atoms with Crippen LogP contribution in [0.5, 0.6) is 0 Å². The number of benzene rings is 2. The first-order valence-electron chi connectivity index (χ1n) is 9.10. The first kappa shape index (κ1) is 16.6. The molecule has 2 aromatic carbocycles. The van der Waals surface area contributed by atoms with Gasteiger partial charge in [-0.2, -0.15) is 0 Å². The Bertz CT molecular complexity index is 923. The number of carbonyl (C=O) groups excluding carboxylic acids is 2. The summed E-state index contributed by atoms with van der Waals surface area (Å²) in [6, 6.07) is 16.9. The van der Waals surface area contributed by atoms with Crippen LogP contribution in [-0.4, -0.2) is 16.7 Å². The normalized spacial score (nSPS) is 15.8. The summed E-state index contributed by atoms with van der Waals surface area (Å²) in [6.07, 6.45) is 4.58. The highest BCUT2D eigenvalue weighted by Gasteiger charge is 2.32. The van der Waals surface area contributed by atoms with Crippen molar-refractivity contribution in [2.45, 2.75) is 31.8 Å². The summed E-state index contributed by atoms with van der Waals surface area (Å²) in [5.74, 6) is -0.540. The summed E-state index contributed by atoms with van der Waals surface area (Å²) in [4.78, 5) is 29.0. The quantitative estimate of drug-likeness (QED) is 0.531. The molecule has 1 fully saturated rings. The Kier molecular flexibility index (Phi) is 4.57. The number of esters is 1. The van der Waals surface area contributed by atoms with Gasteiger partial charge in [0, 0.05) is 28.2 Å². The molecule has 1 atom stereocenters. The van der Waals surface area contributed by atoms with E-state index in [1.54, 1.807) is 6.20 Å². The molecule has 0 amide bonds. The van der Waals surface area contributed by atoms with Crippen LogP contribution in [0.2, 0.25) is 0 Å². The largest absolute Gasteiger partial charge is 0.449 e. The van der Waals surface area contributed by atoms with Crippen molar-refractivity contribution in [3.8, 4) is 0 Å². The third-order valence-electron chi connectivity index (χ3n) is 5.12. The number of hydrogen-bond acceptors (Lipinski definition) is 3. The Balaban J connectivity index is 1.68. The molecule has 4 rings (SSSR count). The number of nitrogens with one attached hydrogen (secondary N) is 1. The average Bonchev–Trinajstić information content (AvgIpc) is 3.36. The number of rotatable bonds is 5. The summed E-state index contributed by atoms with van der Waals surface area (Å²) >= 11 is 0. The van der Waals surface area contributed by atoms with Gasteiger partial charge in [0.05, 0.1) is 5.92 Å². The van der Waals surface area contributed by atoms with E-state index < -0.39 is 6.10 Å². The SMILES string of the molecule is O=C(O[C@H](C(=O)c1c[nH]c2ccccc12)c1ccccc1)C1CCCC1. The van der Waals surface area contributed by atoms with Crippen molar-refractivity contribution in [1.82, 2.24) is 4.98 Å². The smallest absolute Gasteiger partial charge is 0.310 e. The third-order valence-corrected chi connectivity index (χ3v) is 5.12. The van der Waals surface area contributed by atoms with E-state index >= 15 is 0 Å². The Hall–Kier alpha value is -2.88. The number of aromatic amines is 1. The zero-order valence-electron chi connectivity index (χ0n) is 14.5. The fourth-order valence-electron chi connectivity index (χ4n) is 3.69.